The Kier molecular flexibility index (Phi) is 2.56. The Bertz CT molecular complexity index is 566. The summed E-state index contributed by atoms with van der Waals surface area (Å²) >= 11 is 0. The first-order valence-electron chi connectivity index (χ1n) is 4.91. The minimum atomic E-state index is -0.600. The monoisotopic (exact) mass is 218 g/mol. The lowest BCUT2D eigenvalue weighted by Crippen LogP contribution is -2.20. The summed E-state index contributed by atoms with van der Waals surface area (Å²) in [4.78, 5) is 15.6. The van der Waals surface area contributed by atoms with Crippen molar-refractivity contribution in [2.24, 2.45) is 0 Å². The fraction of sp³-hybridized carbons (Fsp3) is 0.167. The Balaban J connectivity index is 2.85. The number of carbonyl (C=O) groups is 1. The molecule has 3 nitrogen and oxygen atoms in total. The number of aromatic nitrogens is 1. The summed E-state index contributed by atoms with van der Waals surface area (Å²) in [6.45, 7) is 1.88. The van der Waals surface area contributed by atoms with Gasteiger partial charge in [-0.05, 0) is 12.5 Å². The van der Waals surface area contributed by atoms with E-state index < -0.39 is 11.7 Å². The molecule has 0 fully saturated rings. The summed E-state index contributed by atoms with van der Waals surface area (Å²) in [5.74, 6) is -1.03. The van der Waals surface area contributed by atoms with Crippen molar-refractivity contribution in [3.8, 4) is 0 Å². The van der Waals surface area contributed by atoms with Gasteiger partial charge in [-0.2, -0.15) is 0 Å². The lowest BCUT2D eigenvalue weighted by molar-refractivity contribution is 0.0961. The highest BCUT2D eigenvalue weighted by molar-refractivity contribution is 6.06. The molecule has 1 heterocycles. The van der Waals surface area contributed by atoms with Gasteiger partial charge in [0.1, 0.15) is 0 Å². The van der Waals surface area contributed by atoms with Gasteiger partial charge in [-0.3, -0.25) is 9.78 Å². The number of para-hydroxylation sites is 1. The van der Waals surface area contributed by atoms with Gasteiger partial charge < -0.3 is 5.32 Å². The van der Waals surface area contributed by atoms with Gasteiger partial charge in [-0.15, -0.1) is 0 Å². The lowest BCUT2D eigenvalue weighted by Gasteiger charge is -2.07. The van der Waals surface area contributed by atoms with Crippen molar-refractivity contribution < 1.29 is 9.18 Å². The maximum absolute atomic E-state index is 13.6. The fourth-order valence-corrected chi connectivity index (χ4v) is 1.70. The number of rotatable bonds is 1. The Morgan fingerprint density at radius 2 is 2.19 bits per heavy atom. The molecule has 1 aromatic carbocycles. The topological polar surface area (TPSA) is 42.0 Å². The molecular weight excluding hydrogens is 207 g/mol. The highest BCUT2D eigenvalue weighted by Gasteiger charge is 2.15. The predicted molar refractivity (Wildman–Crippen MR) is 59.8 cm³/mol. The van der Waals surface area contributed by atoms with Gasteiger partial charge in [-0.1, -0.05) is 18.2 Å². The fourth-order valence-electron chi connectivity index (χ4n) is 1.70. The summed E-state index contributed by atoms with van der Waals surface area (Å²) in [6.07, 6.45) is 1.08. The Hall–Kier alpha value is -1.97. The van der Waals surface area contributed by atoms with E-state index in [-0.39, 0.29) is 5.56 Å². The van der Waals surface area contributed by atoms with E-state index in [1.54, 1.807) is 12.1 Å². The Morgan fingerprint density at radius 1 is 1.44 bits per heavy atom. The van der Waals surface area contributed by atoms with Crippen molar-refractivity contribution in [2.45, 2.75) is 6.92 Å². The minimum Gasteiger partial charge on any atom is -0.355 e. The first kappa shape index (κ1) is 10.5. The average Bonchev–Trinajstić information content (AvgIpc) is 2.28. The highest BCUT2D eigenvalue weighted by atomic mass is 19.1. The molecule has 1 amide bonds. The van der Waals surface area contributed by atoms with Crippen molar-refractivity contribution in [3.63, 3.8) is 0 Å². The van der Waals surface area contributed by atoms with Crippen LogP contribution in [0.3, 0.4) is 0 Å². The molecule has 82 valence electrons. The van der Waals surface area contributed by atoms with Crippen molar-refractivity contribution in [2.75, 3.05) is 7.05 Å². The number of amides is 1. The van der Waals surface area contributed by atoms with Crippen LogP contribution in [0.4, 0.5) is 4.39 Å². The smallest absolute Gasteiger partial charge is 0.254 e. The molecule has 0 unspecified atom stereocenters. The second-order valence-electron chi connectivity index (χ2n) is 3.53. The van der Waals surface area contributed by atoms with Crippen molar-refractivity contribution in [1.82, 2.24) is 10.3 Å². The highest BCUT2D eigenvalue weighted by Crippen LogP contribution is 2.21. The zero-order chi connectivity index (χ0) is 11.7. The van der Waals surface area contributed by atoms with Crippen LogP contribution in [0.25, 0.3) is 10.9 Å². The summed E-state index contributed by atoms with van der Waals surface area (Å²) in [7, 11) is 1.48. The van der Waals surface area contributed by atoms with Crippen LogP contribution in [0, 0.1) is 12.7 Å². The van der Waals surface area contributed by atoms with Crippen LogP contribution in [0.15, 0.2) is 24.4 Å². The molecule has 0 radical (unpaired) electrons. The lowest BCUT2D eigenvalue weighted by atomic mass is 10.1. The molecule has 0 aliphatic heterocycles. The molecular formula is C12H11FN2O. The third kappa shape index (κ3) is 1.52. The van der Waals surface area contributed by atoms with Crippen LogP contribution in [0.1, 0.15) is 15.9 Å². The Morgan fingerprint density at radius 3 is 2.88 bits per heavy atom. The predicted octanol–water partition coefficient (Wildman–Crippen LogP) is 2.04. The standard InChI is InChI=1S/C12H11FN2O/c1-7-4-3-5-8-10(12(16)14-2)9(13)6-15-11(7)8/h3-6H,1-2H3,(H,14,16). The largest absolute Gasteiger partial charge is 0.355 e. The van der Waals surface area contributed by atoms with Crippen LogP contribution in [-0.4, -0.2) is 17.9 Å². The van der Waals surface area contributed by atoms with E-state index >= 15 is 0 Å². The molecule has 2 aromatic rings. The van der Waals surface area contributed by atoms with E-state index in [9.17, 15) is 9.18 Å². The molecule has 1 aromatic heterocycles. The zero-order valence-corrected chi connectivity index (χ0v) is 9.04. The van der Waals surface area contributed by atoms with Gasteiger partial charge >= 0.3 is 0 Å². The number of hydrogen-bond donors (Lipinski definition) is 1. The normalized spacial score (nSPS) is 10.4. The van der Waals surface area contributed by atoms with Crippen LogP contribution in [-0.2, 0) is 0 Å². The third-order valence-corrected chi connectivity index (χ3v) is 2.51. The van der Waals surface area contributed by atoms with E-state index in [1.807, 2.05) is 13.0 Å². The zero-order valence-electron chi connectivity index (χ0n) is 9.04. The van der Waals surface area contributed by atoms with Crippen molar-refractivity contribution >= 4 is 16.8 Å². The molecule has 0 bridgehead atoms. The third-order valence-electron chi connectivity index (χ3n) is 2.51. The molecule has 0 aliphatic rings. The van der Waals surface area contributed by atoms with E-state index in [0.717, 1.165) is 11.8 Å². The summed E-state index contributed by atoms with van der Waals surface area (Å²) in [6, 6.07) is 5.36. The SMILES string of the molecule is CNC(=O)c1c(F)cnc2c(C)cccc12. The summed E-state index contributed by atoms with van der Waals surface area (Å²) in [5, 5.41) is 2.97. The number of carbonyl (C=O) groups excluding carboxylic acids is 1. The number of fused-ring (bicyclic) bond motifs is 1. The molecule has 2 rings (SSSR count). The molecule has 0 saturated carbocycles. The maximum atomic E-state index is 13.6. The number of aryl methyl sites for hydroxylation is 1. The van der Waals surface area contributed by atoms with Gasteiger partial charge in [0.25, 0.3) is 5.91 Å². The first-order valence-corrected chi connectivity index (χ1v) is 4.91. The van der Waals surface area contributed by atoms with E-state index in [4.69, 9.17) is 0 Å². The summed E-state index contributed by atoms with van der Waals surface area (Å²) in [5.41, 5.74) is 1.63. The van der Waals surface area contributed by atoms with Crippen LogP contribution >= 0.6 is 0 Å². The molecule has 0 spiro atoms. The molecule has 4 heteroatoms. The van der Waals surface area contributed by atoms with Gasteiger partial charge in [0.2, 0.25) is 0 Å². The van der Waals surface area contributed by atoms with E-state index in [2.05, 4.69) is 10.3 Å². The number of hydrogen-bond acceptors (Lipinski definition) is 2. The van der Waals surface area contributed by atoms with Gasteiger partial charge in [-0.25, -0.2) is 4.39 Å². The van der Waals surface area contributed by atoms with Gasteiger partial charge in [0.15, 0.2) is 5.82 Å². The quantitative estimate of drug-likeness (QED) is 0.795. The van der Waals surface area contributed by atoms with Crippen LogP contribution < -0.4 is 5.32 Å². The minimum absolute atomic E-state index is 0.0520. The second kappa shape index (κ2) is 3.89. The molecule has 0 saturated heterocycles. The molecule has 16 heavy (non-hydrogen) atoms. The van der Waals surface area contributed by atoms with Gasteiger partial charge in [0.05, 0.1) is 17.3 Å². The molecule has 1 N–H and O–H groups in total. The molecule has 0 atom stereocenters. The number of benzene rings is 1. The van der Waals surface area contributed by atoms with E-state index in [1.165, 1.54) is 7.05 Å². The van der Waals surface area contributed by atoms with Crippen molar-refractivity contribution in [3.05, 3.63) is 41.3 Å². The average molecular weight is 218 g/mol. The summed E-state index contributed by atoms with van der Waals surface area (Å²) < 4.78 is 13.6. The maximum Gasteiger partial charge on any atom is 0.254 e. The van der Waals surface area contributed by atoms with E-state index in [0.29, 0.717) is 10.9 Å². The Labute approximate surface area is 92.3 Å². The van der Waals surface area contributed by atoms with Crippen LogP contribution in [0.2, 0.25) is 0 Å². The second-order valence-corrected chi connectivity index (χ2v) is 3.53. The number of nitrogens with one attached hydrogen (secondary N) is 1. The van der Waals surface area contributed by atoms with Crippen molar-refractivity contribution in [1.29, 1.82) is 0 Å². The van der Waals surface area contributed by atoms with Crippen LogP contribution in [0.5, 0.6) is 0 Å². The molecule has 0 aliphatic carbocycles. The first-order chi connectivity index (χ1) is 7.65. The van der Waals surface area contributed by atoms with Gasteiger partial charge in [0, 0.05) is 12.4 Å². The number of nitrogens with zero attached hydrogens (tertiary/aromatic N) is 1. The number of pyridine rings is 1. The number of halogens is 1.